The number of benzene rings is 5. The molecule has 0 aliphatic rings. The smallest absolute Gasteiger partial charge is 0.123 e. The van der Waals surface area contributed by atoms with E-state index in [1.165, 1.54) is 10.8 Å². The number of hydrogen-bond acceptors (Lipinski definition) is 4. The maximum atomic E-state index is 8.89. The first kappa shape index (κ1) is 35.7. The van der Waals surface area contributed by atoms with Gasteiger partial charge in [0.25, 0.3) is 0 Å². The second kappa shape index (κ2) is 15.0. The number of hydrogen-bond donors (Lipinski definition) is 0. The number of nitriles is 1. The van der Waals surface area contributed by atoms with Crippen molar-refractivity contribution < 1.29 is 24.5 Å². The number of imidazole rings is 1. The SMILES string of the molecule is CC(C)Cc1cc(-c2[c-]cc(C#N)cc2)ncc1[Si](C)(C)C.[Ir].[c-]1cc2c(cc1-c1nc3ccccc3n1-c1ccccc1)oc1ccccc12. The topological polar surface area (TPSA) is 67.6 Å². The van der Waals surface area contributed by atoms with Crippen LogP contribution >= 0.6 is 0 Å². The van der Waals surface area contributed by atoms with E-state index >= 15 is 0 Å². The fourth-order valence-corrected chi connectivity index (χ4v) is 8.01. The maximum absolute atomic E-state index is 8.89. The Labute approximate surface area is 314 Å². The first-order valence-electron chi connectivity index (χ1n) is 17.0. The van der Waals surface area contributed by atoms with E-state index in [9.17, 15) is 0 Å². The Bertz CT molecular complexity index is 2490. The third-order valence-corrected chi connectivity index (χ3v) is 10.8. The summed E-state index contributed by atoms with van der Waals surface area (Å²) in [5.74, 6) is 1.48. The summed E-state index contributed by atoms with van der Waals surface area (Å²) in [4.78, 5) is 9.57. The Morgan fingerprint density at radius 2 is 1.53 bits per heavy atom. The standard InChI is InChI=1S/C25H15N2O.C19H23N2Si.Ir/c1-2-8-18(9-3-1)27-22-12-6-5-11-21(22)26-25(27)17-14-15-20-19-10-4-7-13-23(19)28-24(20)16-17;1-14(2)10-17-11-18(21-13-19(17)22(3,4)5)16-8-6-15(12-20)7-9-16;/h1-13,15-16H;6-8,11,13-14H,10H2,1-5H3;/q2*-1;. The predicted molar refractivity (Wildman–Crippen MR) is 207 cm³/mol. The van der Waals surface area contributed by atoms with E-state index in [0.717, 1.165) is 67.7 Å². The van der Waals surface area contributed by atoms with Gasteiger partial charge in [-0.3, -0.25) is 4.98 Å². The van der Waals surface area contributed by atoms with Crippen molar-refractivity contribution in [1.29, 1.82) is 5.26 Å². The number of nitrogens with zero attached hydrogens (tertiary/aromatic N) is 4. The minimum atomic E-state index is -1.40. The Balaban J connectivity index is 0.000000178. The van der Waals surface area contributed by atoms with Gasteiger partial charge in [-0.25, -0.2) is 5.26 Å². The average molecular weight is 859 g/mol. The summed E-state index contributed by atoms with van der Waals surface area (Å²) in [6, 6.07) is 47.0. The zero-order chi connectivity index (χ0) is 34.8. The molecule has 0 atom stereocenters. The van der Waals surface area contributed by atoms with Crippen LogP contribution in [0.5, 0.6) is 0 Å². The fraction of sp³-hybridized carbons (Fsp3) is 0.159. The number of furan rings is 1. The molecule has 0 unspecified atom stereocenters. The largest absolute Gasteiger partial charge is 0.476 e. The van der Waals surface area contributed by atoms with E-state index < -0.39 is 8.07 Å². The van der Waals surface area contributed by atoms with Gasteiger partial charge in [0, 0.05) is 38.1 Å². The van der Waals surface area contributed by atoms with Crippen LogP contribution in [0.4, 0.5) is 0 Å². The first-order chi connectivity index (χ1) is 24.2. The summed E-state index contributed by atoms with van der Waals surface area (Å²) in [6.07, 6.45) is 3.14. The van der Waals surface area contributed by atoms with E-state index in [1.807, 2.05) is 78.9 Å². The van der Waals surface area contributed by atoms with Gasteiger partial charge in [0.05, 0.1) is 30.5 Å². The number of para-hydroxylation sites is 4. The van der Waals surface area contributed by atoms with Crippen LogP contribution in [-0.4, -0.2) is 22.6 Å². The molecule has 0 bridgehead atoms. The van der Waals surface area contributed by atoms with Crippen LogP contribution in [0.25, 0.3) is 61.3 Å². The van der Waals surface area contributed by atoms with Crippen LogP contribution in [0.3, 0.4) is 0 Å². The third kappa shape index (κ3) is 7.50. The van der Waals surface area contributed by atoms with Gasteiger partial charge in [0.1, 0.15) is 5.58 Å². The van der Waals surface area contributed by atoms with Crippen molar-refractivity contribution in [3.05, 3.63) is 145 Å². The van der Waals surface area contributed by atoms with Crippen LogP contribution in [0.2, 0.25) is 19.6 Å². The van der Waals surface area contributed by atoms with E-state index in [-0.39, 0.29) is 20.1 Å². The van der Waals surface area contributed by atoms with Crippen molar-refractivity contribution in [3.8, 4) is 34.4 Å². The van der Waals surface area contributed by atoms with E-state index in [0.29, 0.717) is 11.5 Å². The van der Waals surface area contributed by atoms with Gasteiger partial charge in [0.15, 0.2) is 0 Å². The summed E-state index contributed by atoms with van der Waals surface area (Å²) in [5.41, 5.74) is 9.69. The van der Waals surface area contributed by atoms with Crippen LogP contribution in [-0.2, 0) is 26.5 Å². The van der Waals surface area contributed by atoms with Gasteiger partial charge in [-0.15, -0.1) is 47.5 Å². The molecule has 0 aliphatic heterocycles. The number of rotatable bonds is 6. The predicted octanol–water partition coefficient (Wildman–Crippen LogP) is 10.6. The molecule has 0 amide bonds. The van der Waals surface area contributed by atoms with Crippen molar-refractivity contribution in [3.63, 3.8) is 0 Å². The van der Waals surface area contributed by atoms with Gasteiger partial charge in [-0.05, 0) is 64.5 Å². The van der Waals surface area contributed by atoms with Crippen molar-refractivity contribution in [1.82, 2.24) is 14.5 Å². The van der Waals surface area contributed by atoms with Crippen molar-refractivity contribution >= 4 is 46.2 Å². The summed E-state index contributed by atoms with van der Waals surface area (Å²) in [5, 5.41) is 12.5. The Morgan fingerprint density at radius 3 is 2.25 bits per heavy atom. The molecular formula is C44H38IrN4OSi-2. The molecule has 5 nitrogen and oxygen atoms in total. The third-order valence-electron chi connectivity index (χ3n) is 8.77. The van der Waals surface area contributed by atoms with Gasteiger partial charge in [0.2, 0.25) is 0 Å². The summed E-state index contributed by atoms with van der Waals surface area (Å²) in [7, 11) is -1.40. The fourth-order valence-electron chi connectivity index (χ4n) is 6.42. The minimum absolute atomic E-state index is 0. The van der Waals surface area contributed by atoms with Crippen LogP contribution < -0.4 is 5.19 Å². The van der Waals surface area contributed by atoms with E-state index in [2.05, 4.69) is 97.8 Å². The molecule has 7 heteroatoms. The molecule has 8 rings (SSSR count). The Kier molecular flexibility index (Phi) is 10.5. The first-order valence-corrected chi connectivity index (χ1v) is 20.5. The van der Waals surface area contributed by atoms with Crippen molar-refractivity contribution in [2.45, 2.75) is 39.9 Å². The Hall–Kier alpha value is -5.12. The second-order valence-corrected chi connectivity index (χ2v) is 19.0. The monoisotopic (exact) mass is 859 g/mol. The molecule has 0 spiro atoms. The molecule has 1 radical (unpaired) electrons. The molecule has 0 aliphatic carbocycles. The molecule has 8 aromatic rings. The zero-order valence-electron chi connectivity index (χ0n) is 29.4. The van der Waals surface area contributed by atoms with Gasteiger partial charge >= 0.3 is 0 Å². The zero-order valence-corrected chi connectivity index (χ0v) is 32.8. The number of aromatic nitrogens is 3. The molecule has 3 heterocycles. The van der Waals surface area contributed by atoms with Crippen LogP contribution in [0, 0.1) is 29.4 Å². The molecule has 0 saturated heterocycles. The second-order valence-electron chi connectivity index (χ2n) is 14.0. The molecule has 255 valence electrons. The summed E-state index contributed by atoms with van der Waals surface area (Å²) in [6.45, 7) is 11.6. The average Bonchev–Trinajstić information content (AvgIpc) is 3.70. The van der Waals surface area contributed by atoms with Crippen molar-refractivity contribution in [2.75, 3.05) is 0 Å². The number of pyridine rings is 1. The molecule has 3 aromatic heterocycles. The number of fused-ring (bicyclic) bond motifs is 4. The summed E-state index contributed by atoms with van der Waals surface area (Å²) < 4.78 is 8.25. The molecule has 0 saturated carbocycles. The quantitative estimate of drug-likeness (QED) is 0.123. The maximum Gasteiger partial charge on any atom is 0.123 e. The van der Waals surface area contributed by atoms with Crippen LogP contribution in [0.15, 0.2) is 126 Å². The van der Waals surface area contributed by atoms with E-state index in [4.69, 9.17) is 14.7 Å². The molecule has 0 N–H and O–H groups in total. The van der Waals surface area contributed by atoms with Crippen molar-refractivity contribution in [2.24, 2.45) is 5.92 Å². The molecule has 0 fully saturated rings. The molecular weight excluding hydrogens is 821 g/mol. The minimum Gasteiger partial charge on any atom is -0.476 e. The Morgan fingerprint density at radius 1 is 0.804 bits per heavy atom. The van der Waals surface area contributed by atoms with E-state index in [1.54, 1.807) is 6.07 Å². The van der Waals surface area contributed by atoms with Gasteiger partial charge < -0.3 is 14.0 Å². The van der Waals surface area contributed by atoms with Gasteiger partial charge in [-0.1, -0.05) is 105 Å². The van der Waals surface area contributed by atoms with Gasteiger partial charge in [-0.2, -0.15) is 0 Å². The van der Waals surface area contributed by atoms with Crippen LogP contribution in [0.1, 0.15) is 25.0 Å². The normalized spacial score (nSPS) is 11.3. The summed E-state index contributed by atoms with van der Waals surface area (Å²) >= 11 is 0. The molecule has 5 aromatic carbocycles. The molecule has 51 heavy (non-hydrogen) atoms.